The van der Waals surface area contributed by atoms with Crippen molar-refractivity contribution in [2.24, 2.45) is 0 Å². The van der Waals surface area contributed by atoms with E-state index in [0.29, 0.717) is 5.02 Å². The summed E-state index contributed by atoms with van der Waals surface area (Å²) < 4.78 is 15.5. The van der Waals surface area contributed by atoms with E-state index in [9.17, 15) is 4.39 Å². The predicted octanol–water partition coefficient (Wildman–Crippen LogP) is 4.07. The monoisotopic (exact) mass is 315 g/mol. The summed E-state index contributed by atoms with van der Waals surface area (Å²) in [7, 11) is 0. The Balaban J connectivity index is 1.85. The lowest BCUT2D eigenvalue weighted by molar-refractivity contribution is 0.523. The van der Waals surface area contributed by atoms with E-state index in [4.69, 9.17) is 23.2 Å². The zero-order chi connectivity index (χ0) is 14.5. The van der Waals surface area contributed by atoms with Gasteiger partial charge in [-0.1, -0.05) is 23.2 Å². The molecule has 0 saturated heterocycles. The van der Waals surface area contributed by atoms with E-state index in [1.165, 1.54) is 12.1 Å². The van der Waals surface area contributed by atoms with E-state index < -0.39 is 5.82 Å². The second kappa shape index (κ2) is 7.07. The van der Waals surface area contributed by atoms with Gasteiger partial charge in [-0.3, -0.25) is 0 Å². The first-order valence-electron chi connectivity index (χ1n) is 6.41. The molecule has 0 fully saturated rings. The molecule has 0 aliphatic rings. The molecule has 20 heavy (non-hydrogen) atoms. The first-order chi connectivity index (χ1) is 9.58. The van der Waals surface area contributed by atoms with Gasteiger partial charge in [0, 0.05) is 30.0 Å². The van der Waals surface area contributed by atoms with Crippen LogP contribution in [0.5, 0.6) is 0 Å². The molecule has 0 bridgehead atoms. The van der Waals surface area contributed by atoms with Crippen LogP contribution in [0.3, 0.4) is 0 Å². The smallest absolute Gasteiger partial charge is 0.142 e. The Labute approximate surface area is 127 Å². The molecule has 3 nitrogen and oxygen atoms in total. The largest absolute Gasteiger partial charge is 0.337 e. The summed E-state index contributed by atoms with van der Waals surface area (Å²) in [6, 6.07) is 2.80. The van der Waals surface area contributed by atoms with Gasteiger partial charge in [0.25, 0.3) is 0 Å². The number of hydrogen-bond donors (Lipinski definition) is 1. The molecule has 1 heterocycles. The minimum Gasteiger partial charge on any atom is -0.337 e. The van der Waals surface area contributed by atoms with Gasteiger partial charge >= 0.3 is 0 Å². The molecule has 2 aromatic rings. The molecule has 0 radical (unpaired) electrons. The molecular weight excluding hydrogens is 300 g/mol. The third-order valence-corrected chi connectivity index (χ3v) is 3.73. The highest BCUT2D eigenvalue weighted by Crippen LogP contribution is 2.28. The molecule has 6 heteroatoms. The van der Waals surface area contributed by atoms with Crippen LogP contribution < -0.4 is 5.32 Å². The normalized spacial score (nSPS) is 12.6. The maximum atomic E-state index is 13.5. The van der Waals surface area contributed by atoms with Crippen molar-refractivity contribution in [3.63, 3.8) is 0 Å². The highest BCUT2D eigenvalue weighted by molar-refractivity contribution is 6.35. The molecule has 1 aromatic carbocycles. The zero-order valence-electron chi connectivity index (χ0n) is 11.1. The molecule has 0 aliphatic heterocycles. The van der Waals surface area contributed by atoms with E-state index in [2.05, 4.69) is 10.3 Å². The van der Waals surface area contributed by atoms with Crippen LogP contribution in [0, 0.1) is 5.82 Å². The lowest BCUT2D eigenvalue weighted by Gasteiger charge is -2.16. The van der Waals surface area contributed by atoms with Crippen LogP contribution in [0.25, 0.3) is 0 Å². The SMILES string of the molecule is CC(NCCCn1ccnc1)c1cc(F)c(Cl)cc1Cl. The number of imidazole rings is 1. The fraction of sp³-hybridized carbons (Fsp3) is 0.357. The zero-order valence-corrected chi connectivity index (χ0v) is 12.6. The molecule has 108 valence electrons. The number of nitrogens with zero attached hydrogens (tertiary/aromatic N) is 2. The summed E-state index contributed by atoms with van der Waals surface area (Å²) in [6.45, 7) is 3.65. The Morgan fingerprint density at radius 2 is 2.15 bits per heavy atom. The number of nitrogens with one attached hydrogen (secondary N) is 1. The maximum Gasteiger partial charge on any atom is 0.142 e. The van der Waals surface area contributed by atoms with E-state index in [-0.39, 0.29) is 11.1 Å². The van der Waals surface area contributed by atoms with Crippen molar-refractivity contribution in [3.8, 4) is 0 Å². The second-order valence-electron chi connectivity index (χ2n) is 4.62. The summed E-state index contributed by atoms with van der Waals surface area (Å²) in [5.41, 5.74) is 0.719. The van der Waals surface area contributed by atoms with Crippen molar-refractivity contribution in [2.45, 2.75) is 25.9 Å². The van der Waals surface area contributed by atoms with Gasteiger partial charge in [-0.2, -0.15) is 0 Å². The molecule has 1 N–H and O–H groups in total. The van der Waals surface area contributed by atoms with Crippen LogP contribution in [0.15, 0.2) is 30.9 Å². The average Bonchev–Trinajstić information content (AvgIpc) is 2.92. The van der Waals surface area contributed by atoms with Crippen molar-refractivity contribution in [1.29, 1.82) is 0 Å². The lowest BCUT2D eigenvalue weighted by atomic mass is 10.1. The van der Waals surface area contributed by atoms with Gasteiger partial charge in [0.15, 0.2) is 0 Å². The van der Waals surface area contributed by atoms with Crippen molar-refractivity contribution in [3.05, 3.63) is 52.3 Å². The number of benzene rings is 1. The fourth-order valence-corrected chi connectivity index (χ4v) is 2.53. The Bertz CT molecular complexity index is 558. The summed E-state index contributed by atoms with van der Waals surface area (Å²) in [6.07, 6.45) is 6.42. The van der Waals surface area contributed by atoms with Crippen molar-refractivity contribution < 1.29 is 4.39 Å². The topological polar surface area (TPSA) is 29.9 Å². The highest BCUT2D eigenvalue weighted by Gasteiger charge is 2.12. The molecule has 1 aromatic heterocycles. The minimum atomic E-state index is -0.446. The molecule has 2 rings (SSSR count). The lowest BCUT2D eigenvalue weighted by Crippen LogP contribution is -2.21. The van der Waals surface area contributed by atoms with Crippen LogP contribution >= 0.6 is 23.2 Å². The van der Waals surface area contributed by atoms with Crippen molar-refractivity contribution >= 4 is 23.2 Å². The Hall–Kier alpha value is -1.10. The number of halogens is 3. The number of aromatic nitrogens is 2. The standard InChI is InChI=1S/C14H16Cl2FN3/c1-10(11-7-14(17)13(16)8-12(11)15)19-3-2-5-20-6-4-18-9-20/h4,6-10,19H,2-3,5H2,1H3. The van der Waals surface area contributed by atoms with Crippen molar-refractivity contribution in [1.82, 2.24) is 14.9 Å². The molecule has 1 unspecified atom stereocenters. The van der Waals surface area contributed by atoms with Gasteiger partial charge in [0.1, 0.15) is 5.82 Å². The average molecular weight is 316 g/mol. The van der Waals surface area contributed by atoms with Crippen LogP contribution in [0.1, 0.15) is 24.9 Å². The Kier molecular flexibility index (Phi) is 5.40. The second-order valence-corrected chi connectivity index (χ2v) is 5.43. The molecule has 0 saturated carbocycles. The molecule has 0 aliphatic carbocycles. The van der Waals surface area contributed by atoms with Crippen LogP contribution in [0.2, 0.25) is 10.0 Å². The molecular formula is C14H16Cl2FN3. The molecule has 0 spiro atoms. The van der Waals surface area contributed by atoms with Crippen LogP contribution in [0.4, 0.5) is 4.39 Å². The van der Waals surface area contributed by atoms with Crippen LogP contribution in [-0.4, -0.2) is 16.1 Å². The van der Waals surface area contributed by atoms with Crippen LogP contribution in [-0.2, 0) is 6.54 Å². The first-order valence-corrected chi connectivity index (χ1v) is 7.17. The highest BCUT2D eigenvalue weighted by atomic mass is 35.5. The van der Waals surface area contributed by atoms with E-state index in [1.54, 1.807) is 12.5 Å². The van der Waals surface area contributed by atoms with Gasteiger partial charge in [0.05, 0.1) is 11.3 Å². The van der Waals surface area contributed by atoms with Gasteiger partial charge in [0.2, 0.25) is 0 Å². The van der Waals surface area contributed by atoms with E-state index >= 15 is 0 Å². The summed E-state index contributed by atoms with van der Waals surface area (Å²) in [5, 5.41) is 3.85. The van der Waals surface area contributed by atoms with Gasteiger partial charge in [-0.05, 0) is 37.6 Å². The van der Waals surface area contributed by atoms with Crippen molar-refractivity contribution in [2.75, 3.05) is 6.54 Å². The summed E-state index contributed by atoms with van der Waals surface area (Å²) in [5.74, 6) is -0.446. The number of hydrogen-bond acceptors (Lipinski definition) is 2. The van der Waals surface area contributed by atoms with Gasteiger partial charge in [-0.25, -0.2) is 9.37 Å². The Morgan fingerprint density at radius 3 is 2.85 bits per heavy atom. The van der Waals surface area contributed by atoms with Gasteiger partial charge < -0.3 is 9.88 Å². The Morgan fingerprint density at radius 1 is 1.35 bits per heavy atom. The maximum absolute atomic E-state index is 13.5. The fourth-order valence-electron chi connectivity index (χ4n) is 1.98. The van der Waals surface area contributed by atoms with E-state index in [1.807, 2.05) is 17.7 Å². The first kappa shape index (κ1) is 15.3. The summed E-state index contributed by atoms with van der Waals surface area (Å²) >= 11 is 11.8. The predicted molar refractivity (Wildman–Crippen MR) is 79.7 cm³/mol. The third kappa shape index (κ3) is 3.95. The van der Waals surface area contributed by atoms with E-state index in [0.717, 1.165) is 25.1 Å². The molecule has 1 atom stereocenters. The number of aryl methyl sites for hydroxylation is 1. The molecule has 0 amide bonds. The minimum absolute atomic E-state index is 0.0305. The number of rotatable bonds is 6. The van der Waals surface area contributed by atoms with Gasteiger partial charge in [-0.15, -0.1) is 0 Å². The summed E-state index contributed by atoms with van der Waals surface area (Å²) in [4.78, 5) is 3.98. The third-order valence-electron chi connectivity index (χ3n) is 3.11. The quantitative estimate of drug-likeness (QED) is 0.643.